The van der Waals surface area contributed by atoms with Gasteiger partial charge in [0.1, 0.15) is 0 Å². The number of allylic oxidation sites excluding steroid dienone is 2. The Morgan fingerprint density at radius 2 is 0.875 bits per heavy atom. The van der Waals surface area contributed by atoms with E-state index < -0.39 is 0 Å². The SMILES string of the molecule is C=Cc1ccc(C(=C)C(=C(c2ccccc2)c2ccccc2)c2ccc(C=C)cc2)cc1. The zero-order chi connectivity index (χ0) is 22.3. The smallest absolute Gasteiger partial charge is 0.00267 e. The fourth-order valence-corrected chi connectivity index (χ4v) is 3.89. The highest BCUT2D eigenvalue weighted by molar-refractivity contribution is 6.17. The van der Waals surface area contributed by atoms with Crippen LogP contribution < -0.4 is 0 Å². The molecule has 0 saturated carbocycles. The molecule has 0 radical (unpaired) electrons. The van der Waals surface area contributed by atoms with Gasteiger partial charge in [-0.05, 0) is 50.1 Å². The summed E-state index contributed by atoms with van der Waals surface area (Å²) >= 11 is 0. The molecule has 0 fully saturated rings. The van der Waals surface area contributed by atoms with Crippen molar-refractivity contribution in [3.8, 4) is 0 Å². The molecule has 0 spiro atoms. The standard InChI is InChI=1S/C32H26/c1-4-25-16-20-27(21-17-25)24(3)31(30-22-18-26(5-2)19-23-30)32(28-12-8-6-9-13-28)29-14-10-7-11-15-29/h4-23H,1-3H2. The van der Waals surface area contributed by atoms with Crippen LogP contribution in [0.3, 0.4) is 0 Å². The molecule has 154 valence electrons. The fraction of sp³-hybridized carbons (Fsp3) is 0. The first-order valence-corrected chi connectivity index (χ1v) is 10.7. The van der Waals surface area contributed by atoms with Crippen LogP contribution in [0.15, 0.2) is 129 Å². The lowest BCUT2D eigenvalue weighted by Gasteiger charge is -2.20. The van der Waals surface area contributed by atoms with Gasteiger partial charge >= 0.3 is 0 Å². The van der Waals surface area contributed by atoms with Crippen molar-refractivity contribution >= 4 is 28.9 Å². The predicted molar refractivity (Wildman–Crippen MR) is 141 cm³/mol. The maximum absolute atomic E-state index is 4.57. The zero-order valence-electron chi connectivity index (χ0n) is 18.2. The number of hydrogen-bond acceptors (Lipinski definition) is 0. The van der Waals surface area contributed by atoms with E-state index >= 15 is 0 Å². The van der Waals surface area contributed by atoms with Gasteiger partial charge in [0.05, 0.1) is 0 Å². The van der Waals surface area contributed by atoms with E-state index in [2.05, 4.69) is 117 Å². The number of hydrogen-bond donors (Lipinski definition) is 0. The van der Waals surface area contributed by atoms with E-state index in [1.54, 1.807) is 0 Å². The van der Waals surface area contributed by atoms with Gasteiger partial charge in [0.15, 0.2) is 0 Å². The van der Waals surface area contributed by atoms with Crippen molar-refractivity contribution in [1.82, 2.24) is 0 Å². The third kappa shape index (κ3) is 4.45. The highest BCUT2D eigenvalue weighted by Crippen LogP contribution is 2.40. The molecule has 0 aromatic heterocycles. The summed E-state index contributed by atoms with van der Waals surface area (Å²) < 4.78 is 0. The van der Waals surface area contributed by atoms with E-state index in [0.717, 1.165) is 50.1 Å². The second-order valence-corrected chi connectivity index (χ2v) is 7.61. The molecule has 4 aromatic carbocycles. The highest BCUT2D eigenvalue weighted by Gasteiger charge is 2.17. The van der Waals surface area contributed by atoms with Crippen molar-refractivity contribution in [2.45, 2.75) is 0 Å². The molecule has 0 nitrogen and oxygen atoms in total. The van der Waals surface area contributed by atoms with Gasteiger partial charge in [-0.25, -0.2) is 0 Å². The lowest BCUT2D eigenvalue weighted by atomic mass is 9.83. The van der Waals surface area contributed by atoms with Gasteiger partial charge in [-0.3, -0.25) is 0 Å². The number of benzene rings is 4. The summed E-state index contributed by atoms with van der Waals surface area (Å²) in [6.45, 7) is 12.3. The molecule has 0 bridgehead atoms. The van der Waals surface area contributed by atoms with Crippen molar-refractivity contribution < 1.29 is 0 Å². The largest absolute Gasteiger partial charge is 0.0985 e. The summed E-state index contributed by atoms with van der Waals surface area (Å²) in [5.74, 6) is 0. The molecule has 32 heavy (non-hydrogen) atoms. The van der Waals surface area contributed by atoms with Crippen LogP contribution in [0.4, 0.5) is 0 Å². The maximum Gasteiger partial charge on any atom is -0.00267 e. The summed E-state index contributed by atoms with van der Waals surface area (Å²) in [5, 5.41) is 0. The van der Waals surface area contributed by atoms with Crippen LogP contribution in [0, 0.1) is 0 Å². The first-order valence-electron chi connectivity index (χ1n) is 10.7. The quantitative estimate of drug-likeness (QED) is 0.211. The summed E-state index contributed by atoms with van der Waals surface area (Å²) in [5.41, 5.74) is 9.97. The molecular weight excluding hydrogens is 384 g/mol. The molecule has 0 heteroatoms. The Balaban J connectivity index is 2.02. The van der Waals surface area contributed by atoms with Crippen LogP contribution in [0.25, 0.3) is 28.9 Å². The maximum atomic E-state index is 4.57. The average molecular weight is 411 g/mol. The topological polar surface area (TPSA) is 0 Å². The van der Waals surface area contributed by atoms with Crippen LogP contribution in [-0.2, 0) is 0 Å². The van der Waals surface area contributed by atoms with Crippen molar-refractivity contribution in [3.05, 3.63) is 162 Å². The monoisotopic (exact) mass is 410 g/mol. The van der Waals surface area contributed by atoms with Gasteiger partial charge in [-0.15, -0.1) is 0 Å². The van der Waals surface area contributed by atoms with E-state index in [1.807, 2.05) is 24.3 Å². The normalized spacial score (nSPS) is 10.2. The minimum Gasteiger partial charge on any atom is -0.0985 e. The van der Waals surface area contributed by atoms with Gasteiger partial charge in [-0.1, -0.05) is 141 Å². The second-order valence-electron chi connectivity index (χ2n) is 7.61. The molecule has 0 unspecified atom stereocenters. The van der Waals surface area contributed by atoms with Gasteiger partial charge in [0.2, 0.25) is 0 Å². The highest BCUT2D eigenvalue weighted by atomic mass is 14.2. The zero-order valence-corrected chi connectivity index (χ0v) is 18.2. The van der Waals surface area contributed by atoms with Crippen molar-refractivity contribution in [2.24, 2.45) is 0 Å². The fourth-order valence-electron chi connectivity index (χ4n) is 3.89. The third-order valence-corrected chi connectivity index (χ3v) is 5.61. The van der Waals surface area contributed by atoms with E-state index in [0.29, 0.717) is 0 Å². The van der Waals surface area contributed by atoms with Crippen LogP contribution >= 0.6 is 0 Å². The van der Waals surface area contributed by atoms with Crippen molar-refractivity contribution in [1.29, 1.82) is 0 Å². The molecule has 4 aromatic rings. The van der Waals surface area contributed by atoms with Gasteiger partial charge in [0, 0.05) is 0 Å². The molecule has 0 saturated heterocycles. The van der Waals surface area contributed by atoms with Crippen LogP contribution in [-0.4, -0.2) is 0 Å². The molecule has 4 rings (SSSR count). The van der Waals surface area contributed by atoms with Crippen LogP contribution in [0.5, 0.6) is 0 Å². The summed E-state index contributed by atoms with van der Waals surface area (Å²) in [6.07, 6.45) is 3.72. The first-order chi connectivity index (χ1) is 15.7. The minimum atomic E-state index is 0.981. The van der Waals surface area contributed by atoms with Gasteiger partial charge < -0.3 is 0 Å². The summed E-state index contributed by atoms with van der Waals surface area (Å²) in [7, 11) is 0. The average Bonchev–Trinajstić information content (AvgIpc) is 2.88. The molecule has 0 aliphatic carbocycles. The Hall–Kier alpha value is -4.16. The first kappa shape index (κ1) is 21.1. The summed E-state index contributed by atoms with van der Waals surface area (Å²) in [4.78, 5) is 0. The second kappa shape index (κ2) is 9.76. The molecular formula is C32H26. The van der Waals surface area contributed by atoms with E-state index in [-0.39, 0.29) is 0 Å². The molecule has 0 heterocycles. The molecule has 0 aliphatic rings. The Labute approximate surface area is 191 Å². The van der Waals surface area contributed by atoms with E-state index in [9.17, 15) is 0 Å². The van der Waals surface area contributed by atoms with Gasteiger partial charge in [-0.2, -0.15) is 0 Å². The number of rotatable bonds is 7. The molecule has 0 N–H and O–H groups in total. The Morgan fingerprint density at radius 1 is 0.469 bits per heavy atom. The Morgan fingerprint density at radius 3 is 1.28 bits per heavy atom. The Bertz CT molecular complexity index is 1210. The molecule has 0 amide bonds. The van der Waals surface area contributed by atoms with Crippen LogP contribution in [0.1, 0.15) is 33.4 Å². The van der Waals surface area contributed by atoms with E-state index in [4.69, 9.17) is 0 Å². The lowest BCUT2D eigenvalue weighted by molar-refractivity contribution is 1.52. The van der Waals surface area contributed by atoms with Crippen molar-refractivity contribution in [3.63, 3.8) is 0 Å². The van der Waals surface area contributed by atoms with E-state index in [1.165, 1.54) is 0 Å². The van der Waals surface area contributed by atoms with Crippen LogP contribution in [0.2, 0.25) is 0 Å². The summed E-state index contributed by atoms with van der Waals surface area (Å²) in [6, 6.07) is 38.0. The molecule has 0 aliphatic heterocycles. The molecule has 0 atom stereocenters. The Kier molecular flexibility index (Phi) is 6.43. The minimum absolute atomic E-state index is 0.981. The lowest BCUT2D eigenvalue weighted by Crippen LogP contribution is -1.98. The third-order valence-electron chi connectivity index (χ3n) is 5.61. The van der Waals surface area contributed by atoms with Gasteiger partial charge in [0.25, 0.3) is 0 Å². The van der Waals surface area contributed by atoms with Crippen molar-refractivity contribution in [2.75, 3.05) is 0 Å². The predicted octanol–water partition coefficient (Wildman–Crippen LogP) is 8.65.